The highest BCUT2D eigenvalue weighted by Gasteiger charge is 2.14. The highest BCUT2D eigenvalue weighted by Crippen LogP contribution is 2.40. The largest absolute Gasteiger partial charge is 0.481 e. The summed E-state index contributed by atoms with van der Waals surface area (Å²) in [5, 5.41) is 17.9. The molecule has 2 aromatic carbocycles. The number of nitrogens with zero attached hydrogens (tertiary/aromatic N) is 1. The molecule has 0 aliphatic rings. The van der Waals surface area contributed by atoms with E-state index in [4.69, 9.17) is 15.2 Å². The molecule has 0 aliphatic carbocycles. The van der Waals surface area contributed by atoms with E-state index in [1.54, 1.807) is 0 Å². The molecule has 5 nitrogen and oxygen atoms in total. The van der Waals surface area contributed by atoms with Crippen molar-refractivity contribution in [3.63, 3.8) is 0 Å². The molecule has 0 radical (unpaired) electrons. The first kappa shape index (κ1) is 24.6. The molecular formula is C26H25NO4S2. The standard InChI is InChI=1S/C26H25NO4S2/c28-24(29)14-16-32-26(33-17-15-25(30)31)21-9-4-6-19(18-21)12-13-22-10-5-11-23(27-22)20-7-2-1-3-8-20/h1-13,18,26H,14-17H2,(H,28,29)(H,30,31)/b13-12+. The van der Waals surface area contributed by atoms with Gasteiger partial charge in [0, 0.05) is 17.1 Å². The minimum Gasteiger partial charge on any atom is -0.481 e. The summed E-state index contributed by atoms with van der Waals surface area (Å²) in [4.78, 5) is 26.5. The van der Waals surface area contributed by atoms with Gasteiger partial charge < -0.3 is 10.2 Å². The summed E-state index contributed by atoms with van der Waals surface area (Å²) in [6.07, 6.45) is 4.12. The average Bonchev–Trinajstić information content (AvgIpc) is 2.82. The Kier molecular flexibility index (Phi) is 9.59. The summed E-state index contributed by atoms with van der Waals surface area (Å²) in [7, 11) is 0. The van der Waals surface area contributed by atoms with Crippen LogP contribution in [-0.2, 0) is 9.59 Å². The van der Waals surface area contributed by atoms with Crippen molar-refractivity contribution in [2.45, 2.75) is 17.4 Å². The SMILES string of the molecule is O=C(O)CCSC(SCCC(=O)O)c1cccc(/C=C/c2cccc(-c3ccccc3)n2)c1. The summed E-state index contributed by atoms with van der Waals surface area (Å²) < 4.78 is -0.0309. The fourth-order valence-corrected chi connectivity index (χ4v) is 5.71. The molecule has 0 saturated carbocycles. The van der Waals surface area contributed by atoms with Gasteiger partial charge >= 0.3 is 11.9 Å². The van der Waals surface area contributed by atoms with E-state index in [0.29, 0.717) is 11.5 Å². The molecule has 0 amide bonds. The molecule has 0 atom stereocenters. The van der Waals surface area contributed by atoms with E-state index in [-0.39, 0.29) is 17.4 Å². The van der Waals surface area contributed by atoms with E-state index in [1.807, 2.05) is 78.9 Å². The van der Waals surface area contributed by atoms with Gasteiger partial charge in [-0.25, -0.2) is 4.98 Å². The zero-order valence-corrected chi connectivity index (χ0v) is 19.6. The van der Waals surface area contributed by atoms with E-state index in [0.717, 1.165) is 28.1 Å². The van der Waals surface area contributed by atoms with Crippen molar-refractivity contribution in [3.8, 4) is 11.3 Å². The summed E-state index contributed by atoms with van der Waals surface area (Å²) in [5.41, 5.74) is 4.87. The molecule has 0 aliphatic heterocycles. The zero-order valence-electron chi connectivity index (χ0n) is 18.0. The van der Waals surface area contributed by atoms with Crippen molar-refractivity contribution in [2.24, 2.45) is 0 Å². The first-order valence-electron chi connectivity index (χ1n) is 10.5. The quantitative estimate of drug-likeness (QED) is 0.293. The van der Waals surface area contributed by atoms with Crippen molar-refractivity contribution < 1.29 is 19.8 Å². The number of aromatic nitrogens is 1. The minimum atomic E-state index is -0.835. The van der Waals surface area contributed by atoms with Gasteiger partial charge in [-0.3, -0.25) is 9.59 Å². The van der Waals surface area contributed by atoms with Gasteiger partial charge in [0.25, 0.3) is 0 Å². The Morgan fingerprint density at radius 2 is 1.48 bits per heavy atom. The fraction of sp³-hybridized carbons (Fsp3) is 0.192. The number of hydrogen-bond acceptors (Lipinski definition) is 5. The number of hydrogen-bond donors (Lipinski definition) is 2. The Hall–Kier alpha value is -3.03. The molecule has 1 heterocycles. The number of carbonyl (C=O) groups is 2. The zero-order chi connectivity index (χ0) is 23.5. The van der Waals surface area contributed by atoms with Crippen LogP contribution < -0.4 is 0 Å². The lowest BCUT2D eigenvalue weighted by atomic mass is 10.1. The maximum absolute atomic E-state index is 10.9. The number of carboxylic acid groups (broad SMARTS) is 2. The van der Waals surface area contributed by atoms with Crippen LogP contribution >= 0.6 is 23.5 Å². The molecule has 0 spiro atoms. The van der Waals surface area contributed by atoms with E-state index in [1.165, 1.54) is 23.5 Å². The van der Waals surface area contributed by atoms with E-state index in [2.05, 4.69) is 6.07 Å². The Morgan fingerprint density at radius 1 is 0.818 bits per heavy atom. The van der Waals surface area contributed by atoms with Crippen LogP contribution in [0, 0.1) is 0 Å². The number of thioether (sulfide) groups is 2. The van der Waals surface area contributed by atoms with Gasteiger partial charge in [0.1, 0.15) is 0 Å². The van der Waals surface area contributed by atoms with Gasteiger partial charge in [-0.15, -0.1) is 23.5 Å². The van der Waals surface area contributed by atoms with Crippen LogP contribution in [0.4, 0.5) is 0 Å². The Bertz CT molecular complexity index is 1080. The predicted molar refractivity (Wildman–Crippen MR) is 137 cm³/mol. The molecule has 7 heteroatoms. The van der Waals surface area contributed by atoms with E-state index in [9.17, 15) is 9.59 Å². The van der Waals surface area contributed by atoms with Crippen molar-refractivity contribution in [3.05, 3.63) is 89.6 Å². The molecule has 0 saturated heterocycles. The number of carboxylic acids is 2. The van der Waals surface area contributed by atoms with E-state index < -0.39 is 11.9 Å². The van der Waals surface area contributed by atoms with Gasteiger partial charge in [-0.1, -0.05) is 60.7 Å². The molecule has 0 unspecified atom stereocenters. The van der Waals surface area contributed by atoms with Crippen LogP contribution in [0.3, 0.4) is 0 Å². The summed E-state index contributed by atoms with van der Waals surface area (Å²) in [6.45, 7) is 0. The first-order chi connectivity index (χ1) is 16.0. The van der Waals surface area contributed by atoms with Gasteiger partial charge in [-0.05, 0) is 35.4 Å². The maximum atomic E-state index is 10.9. The molecule has 0 fully saturated rings. The topological polar surface area (TPSA) is 87.5 Å². The monoisotopic (exact) mass is 479 g/mol. The van der Waals surface area contributed by atoms with Gasteiger partial charge in [-0.2, -0.15) is 0 Å². The summed E-state index contributed by atoms with van der Waals surface area (Å²) >= 11 is 3.06. The third-order valence-corrected chi connectivity index (χ3v) is 7.49. The number of benzene rings is 2. The third-order valence-electron chi connectivity index (χ3n) is 4.64. The Labute approximate surface area is 202 Å². The first-order valence-corrected chi connectivity index (χ1v) is 12.6. The van der Waals surface area contributed by atoms with Crippen LogP contribution in [0.2, 0.25) is 0 Å². The van der Waals surface area contributed by atoms with Crippen molar-refractivity contribution in [2.75, 3.05) is 11.5 Å². The molecule has 33 heavy (non-hydrogen) atoms. The fourth-order valence-electron chi connectivity index (χ4n) is 3.05. The Morgan fingerprint density at radius 3 is 2.15 bits per heavy atom. The third kappa shape index (κ3) is 8.44. The number of pyridine rings is 1. The average molecular weight is 480 g/mol. The molecule has 3 aromatic rings. The van der Waals surface area contributed by atoms with Crippen LogP contribution in [0.1, 0.15) is 34.2 Å². The second kappa shape index (κ2) is 12.9. The number of aliphatic carboxylic acids is 2. The predicted octanol–water partition coefficient (Wildman–Crippen LogP) is 6.33. The maximum Gasteiger partial charge on any atom is 0.304 e. The number of rotatable bonds is 12. The second-order valence-electron chi connectivity index (χ2n) is 7.18. The Balaban J connectivity index is 1.74. The van der Waals surface area contributed by atoms with Gasteiger partial charge in [0.05, 0.1) is 28.8 Å². The second-order valence-corrected chi connectivity index (χ2v) is 9.90. The lowest BCUT2D eigenvalue weighted by Gasteiger charge is -2.16. The minimum absolute atomic E-state index is 0.0309. The highest BCUT2D eigenvalue weighted by atomic mass is 32.2. The molecule has 3 rings (SSSR count). The molecule has 1 aromatic heterocycles. The molecular weight excluding hydrogens is 454 g/mol. The van der Waals surface area contributed by atoms with Crippen molar-refractivity contribution in [1.29, 1.82) is 0 Å². The van der Waals surface area contributed by atoms with Crippen LogP contribution in [0.15, 0.2) is 72.8 Å². The van der Waals surface area contributed by atoms with Crippen molar-refractivity contribution >= 4 is 47.6 Å². The van der Waals surface area contributed by atoms with Gasteiger partial charge in [0.15, 0.2) is 0 Å². The normalized spacial score (nSPS) is 11.2. The molecule has 2 N–H and O–H groups in total. The highest BCUT2D eigenvalue weighted by molar-refractivity contribution is 8.16. The summed E-state index contributed by atoms with van der Waals surface area (Å²) in [5.74, 6) is -0.732. The van der Waals surface area contributed by atoms with Gasteiger partial charge in [0.2, 0.25) is 0 Å². The van der Waals surface area contributed by atoms with Crippen LogP contribution in [0.25, 0.3) is 23.4 Å². The lowest BCUT2D eigenvalue weighted by Crippen LogP contribution is -2.01. The van der Waals surface area contributed by atoms with Crippen molar-refractivity contribution in [1.82, 2.24) is 4.98 Å². The van der Waals surface area contributed by atoms with Crippen LogP contribution in [0.5, 0.6) is 0 Å². The summed E-state index contributed by atoms with van der Waals surface area (Å²) in [6, 6.07) is 24.0. The van der Waals surface area contributed by atoms with Crippen LogP contribution in [-0.4, -0.2) is 38.6 Å². The smallest absolute Gasteiger partial charge is 0.304 e. The molecule has 0 bridgehead atoms. The lowest BCUT2D eigenvalue weighted by molar-refractivity contribution is -0.137. The van der Waals surface area contributed by atoms with E-state index >= 15 is 0 Å². The molecule has 170 valence electrons.